The van der Waals surface area contributed by atoms with Crippen molar-refractivity contribution in [2.24, 2.45) is 0 Å². The molecular formula is C17H20N2O2. The van der Waals surface area contributed by atoms with Gasteiger partial charge in [0, 0.05) is 18.2 Å². The van der Waals surface area contributed by atoms with Crippen LogP contribution in [0.3, 0.4) is 0 Å². The lowest BCUT2D eigenvalue weighted by molar-refractivity contribution is 0.0987. The first kappa shape index (κ1) is 15.0. The molecule has 0 atom stereocenters. The minimum absolute atomic E-state index is 0.00864. The first-order valence-electron chi connectivity index (χ1n) is 6.96. The number of carbonyl (C=O) groups is 1. The Kier molecular flexibility index (Phi) is 4.58. The van der Waals surface area contributed by atoms with E-state index in [0.717, 1.165) is 22.4 Å². The smallest absolute Gasteiger partial charge is 0.258 e. The van der Waals surface area contributed by atoms with E-state index in [1.807, 2.05) is 45.0 Å². The van der Waals surface area contributed by atoms with Crippen LogP contribution in [0.2, 0.25) is 0 Å². The molecule has 0 N–H and O–H groups in total. The minimum atomic E-state index is -0.00864. The molecule has 0 spiro atoms. The van der Waals surface area contributed by atoms with Crippen LogP contribution in [0.25, 0.3) is 0 Å². The highest BCUT2D eigenvalue weighted by molar-refractivity contribution is 6.07. The Bertz CT molecular complexity index is 636. The van der Waals surface area contributed by atoms with Crippen LogP contribution >= 0.6 is 0 Å². The van der Waals surface area contributed by atoms with Crippen molar-refractivity contribution in [3.8, 4) is 5.88 Å². The van der Waals surface area contributed by atoms with E-state index >= 15 is 0 Å². The Morgan fingerprint density at radius 3 is 2.57 bits per heavy atom. The Hall–Kier alpha value is -2.36. The Morgan fingerprint density at radius 1 is 1.24 bits per heavy atom. The second kappa shape index (κ2) is 6.39. The molecule has 0 aliphatic carbocycles. The molecule has 0 aliphatic heterocycles. The van der Waals surface area contributed by atoms with Crippen molar-refractivity contribution in [3.05, 3.63) is 53.2 Å². The number of carbonyl (C=O) groups excluding carboxylic acids is 1. The number of nitrogens with zero attached hydrogens (tertiary/aromatic N) is 2. The summed E-state index contributed by atoms with van der Waals surface area (Å²) in [6.45, 7) is 6.47. The number of amides is 1. The largest absolute Gasteiger partial charge is 0.481 e. The molecule has 2 rings (SSSR count). The van der Waals surface area contributed by atoms with Crippen molar-refractivity contribution < 1.29 is 9.53 Å². The van der Waals surface area contributed by atoms with Gasteiger partial charge in [-0.05, 0) is 38.5 Å². The maximum absolute atomic E-state index is 12.8. The number of aromatic nitrogens is 1. The molecule has 2 aromatic rings. The molecule has 1 aromatic carbocycles. The monoisotopic (exact) mass is 284 g/mol. The predicted octanol–water partition coefficient (Wildman–Crippen LogP) is 3.37. The molecule has 1 aromatic heterocycles. The summed E-state index contributed by atoms with van der Waals surface area (Å²) in [4.78, 5) is 18.7. The SMILES string of the molecule is CCN(C(=O)c1cc(C)ccc1C)c1ccc(OC)nc1. The molecule has 0 saturated heterocycles. The van der Waals surface area contributed by atoms with Gasteiger partial charge < -0.3 is 9.64 Å². The number of hydrogen-bond donors (Lipinski definition) is 0. The van der Waals surface area contributed by atoms with Crippen LogP contribution in [0.4, 0.5) is 5.69 Å². The van der Waals surface area contributed by atoms with Gasteiger partial charge in [-0.3, -0.25) is 4.79 Å². The maximum atomic E-state index is 12.8. The molecule has 0 unspecified atom stereocenters. The fourth-order valence-electron chi connectivity index (χ4n) is 2.21. The average molecular weight is 284 g/mol. The zero-order chi connectivity index (χ0) is 15.4. The number of aryl methyl sites for hydroxylation is 2. The van der Waals surface area contributed by atoms with Gasteiger partial charge in [0.05, 0.1) is 19.0 Å². The van der Waals surface area contributed by atoms with Gasteiger partial charge in [-0.25, -0.2) is 4.98 Å². The summed E-state index contributed by atoms with van der Waals surface area (Å²) in [6.07, 6.45) is 1.66. The number of anilines is 1. The molecule has 1 amide bonds. The van der Waals surface area contributed by atoms with Crippen molar-refractivity contribution in [2.45, 2.75) is 20.8 Å². The number of pyridine rings is 1. The molecule has 0 saturated carbocycles. The molecule has 0 fully saturated rings. The van der Waals surface area contributed by atoms with Crippen LogP contribution in [-0.4, -0.2) is 24.5 Å². The van der Waals surface area contributed by atoms with Gasteiger partial charge in [-0.15, -0.1) is 0 Å². The standard InChI is InChI=1S/C17H20N2O2/c1-5-19(14-8-9-16(21-4)18-11-14)17(20)15-10-12(2)6-7-13(15)3/h6-11H,5H2,1-4H3. The lowest BCUT2D eigenvalue weighted by Crippen LogP contribution is -2.31. The lowest BCUT2D eigenvalue weighted by Gasteiger charge is -2.22. The van der Waals surface area contributed by atoms with Crippen molar-refractivity contribution >= 4 is 11.6 Å². The fourth-order valence-corrected chi connectivity index (χ4v) is 2.21. The van der Waals surface area contributed by atoms with Crippen molar-refractivity contribution in [1.29, 1.82) is 0 Å². The van der Waals surface area contributed by atoms with E-state index in [0.29, 0.717) is 12.4 Å². The molecule has 110 valence electrons. The van der Waals surface area contributed by atoms with Gasteiger partial charge in [0.15, 0.2) is 0 Å². The molecule has 4 nitrogen and oxygen atoms in total. The Morgan fingerprint density at radius 2 is 2.00 bits per heavy atom. The minimum Gasteiger partial charge on any atom is -0.481 e. The number of hydrogen-bond acceptors (Lipinski definition) is 3. The highest BCUT2D eigenvalue weighted by Gasteiger charge is 2.18. The van der Waals surface area contributed by atoms with E-state index in [2.05, 4.69) is 4.98 Å². The summed E-state index contributed by atoms with van der Waals surface area (Å²) in [7, 11) is 1.57. The predicted molar refractivity (Wildman–Crippen MR) is 84.1 cm³/mol. The third-order valence-electron chi connectivity index (χ3n) is 3.43. The maximum Gasteiger partial charge on any atom is 0.258 e. The van der Waals surface area contributed by atoms with Crippen LogP contribution in [0.1, 0.15) is 28.4 Å². The van der Waals surface area contributed by atoms with Gasteiger partial charge in [-0.2, -0.15) is 0 Å². The quantitative estimate of drug-likeness (QED) is 0.864. The molecule has 0 aliphatic rings. The normalized spacial score (nSPS) is 10.3. The summed E-state index contributed by atoms with van der Waals surface area (Å²) in [5.74, 6) is 0.527. The summed E-state index contributed by atoms with van der Waals surface area (Å²) in [6, 6.07) is 9.52. The first-order chi connectivity index (χ1) is 10.1. The zero-order valence-electron chi connectivity index (χ0n) is 12.9. The Labute approximate surface area is 125 Å². The van der Waals surface area contributed by atoms with E-state index in [-0.39, 0.29) is 5.91 Å². The summed E-state index contributed by atoms with van der Waals surface area (Å²) >= 11 is 0. The van der Waals surface area contributed by atoms with Crippen LogP contribution in [0.15, 0.2) is 36.5 Å². The highest BCUT2D eigenvalue weighted by atomic mass is 16.5. The lowest BCUT2D eigenvalue weighted by atomic mass is 10.0. The van der Waals surface area contributed by atoms with E-state index in [9.17, 15) is 4.79 Å². The van der Waals surface area contributed by atoms with Crippen LogP contribution in [-0.2, 0) is 0 Å². The Balaban J connectivity index is 2.35. The van der Waals surface area contributed by atoms with Crippen molar-refractivity contribution in [3.63, 3.8) is 0 Å². The molecule has 21 heavy (non-hydrogen) atoms. The van der Waals surface area contributed by atoms with Crippen LogP contribution < -0.4 is 9.64 Å². The molecule has 1 heterocycles. The van der Waals surface area contributed by atoms with Gasteiger partial charge in [0.2, 0.25) is 5.88 Å². The van der Waals surface area contributed by atoms with Crippen LogP contribution in [0, 0.1) is 13.8 Å². The third kappa shape index (κ3) is 3.21. The fraction of sp³-hybridized carbons (Fsp3) is 0.294. The van der Waals surface area contributed by atoms with Crippen molar-refractivity contribution in [2.75, 3.05) is 18.6 Å². The topological polar surface area (TPSA) is 42.4 Å². The molecular weight excluding hydrogens is 264 g/mol. The van der Waals surface area contributed by atoms with Crippen molar-refractivity contribution in [1.82, 2.24) is 4.98 Å². The number of benzene rings is 1. The first-order valence-corrected chi connectivity index (χ1v) is 6.96. The van der Waals surface area contributed by atoms with E-state index in [1.54, 1.807) is 24.3 Å². The van der Waals surface area contributed by atoms with Gasteiger partial charge in [0.1, 0.15) is 0 Å². The number of ether oxygens (including phenoxy) is 1. The van der Waals surface area contributed by atoms with E-state index in [4.69, 9.17) is 4.74 Å². The highest BCUT2D eigenvalue weighted by Crippen LogP contribution is 2.20. The third-order valence-corrected chi connectivity index (χ3v) is 3.43. The second-order valence-electron chi connectivity index (χ2n) is 4.93. The summed E-state index contributed by atoms with van der Waals surface area (Å²) in [5.41, 5.74) is 3.55. The number of rotatable bonds is 4. The van der Waals surface area contributed by atoms with Crippen LogP contribution in [0.5, 0.6) is 5.88 Å². The van der Waals surface area contributed by atoms with E-state index < -0.39 is 0 Å². The van der Waals surface area contributed by atoms with E-state index in [1.165, 1.54) is 0 Å². The molecule has 0 bridgehead atoms. The molecule has 0 radical (unpaired) electrons. The van der Waals surface area contributed by atoms with Gasteiger partial charge >= 0.3 is 0 Å². The summed E-state index contributed by atoms with van der Waals surface area (Å²) < 4.78 is 5.05. The second-order valence-corrected chi connectivity index (χ2v) is 4.93. The molecule has 4 heteroatoms. The average Bonchev–Trinajstić information content (AvgIpc) is 2.51. The summed E-state index contributed by atoms with van der Waals surface area (Å²) in [5, 5.41) is 0. The number of methoxy groups -OCH3 is 1. The van der Waals surface area contributed by atoms with Gasteiger partial charge in [-0.1, -0.05) is 17.7 Å². The van der Waals surface area contributed by atoms with Gasteiger partial charge in [0.25, 0.3) is 5.91 Å². The zero-order valence-corrected chi connectivity index (χ0v) is 12.9.